The van der Waals surface area contributed by atoms with Crippen LogP contribution in [0.25, 0.3) is 21.9 Å². The molecular formula is C17HF6N3. The number of nitriles is 3. The first-order valence-corrected chi connectivity index (χ1v) is 6.34. The zero-order valence-electron chi connectivity index (χ0n) is 12.2. The minimum absolute atomic E-state index is 1.06. The number of hydrogen-bond donors (Lipinski definition) is 0. The van der Waals surface area contributed by atoms with Gasteiger partial charge in [-0.1, -0.05) is 5.92 Å². The number of halogens is 6. The van der Waals surface area contributed by atoms with Crippen LogP contribution in [0.2, 0.25) is 0 Å². The zero-order valence-corrected chi connectivity index (χ0v) is 12.2. The minimum Gasteiger partial charge on any atom is -0.205 e. The lowest BCUT2D eigenvalue weighted by Crippen LogP contribution is -2.25. The molecule has 0 bridgehead atoms. The van der Waals surface area contributed by atoms with Gasteiger partial charge in [0.1, 0.15) is 41.0 Å². The number of benzene rings is 2. The van der Waals surface area contributed by atoms with E-state index in [2.05, 4.69) is 0 Å². The summed E-state index contributed by atoms with van der Waals surface area (Å²) < 4.78 is 85.6. The van der Waals surface area contributed by atoms with Crippen LogP contribution in [-0.4, -0.2) is 0 Å². The maximum absolute atomic E-state index is 14.5. The number of hydrogen-bond acceptors (Lipinski definition) is 3. The van der Waals surface area contributed by atoms with Crippen LogP contribution < -0.4 is 10.4 Å². The highest BCUT2D eigenvalue weighted by atomic mass is 19.2. The summed E-state index contributed by atoms with van der Waals surface area (Å²) in [6.07, 6.45) is 4.86. The molecule has 0 aliphatic heterocycles. The van der Waals surface area contributed by atoms with Crippen molar-refractivity contribution in [3.8, 4) is 30.6 Å². The molecule has 3 nitrogen and oxygen atoms in total. The maximum atomic E-state index is 14.5. The van der Waals surface area contributed by atoms with Gasteiger partial charge in [0, 0.05) is 0 Å². The predicted molar refractivity (Wildman–Crippen MR) is 75.4 cm³/mol. The van der Waals surface area contributed by atoms with E-state index in [1.165, 1.54) is 6.07 Å². The Labute approximate surface area is 140 Å². The molecule has 0 saturated carbocycles. The third-order valence-electron chi connectivity index (χ3n) is 3.37. The molecule has 0 N–H and O–H groups in total. The van der Waals surface area contributed by atoms with Crippen molar-refractivity contribution in [1.82, 2.24) is 0 Å². The van der Waals surface area contributed by atoms with Crippen LogP contribution in [0, 0.1) is 81.2 Å². The zero-order chi connectivity index (χ0) is 19.8. The Morgan fingerprint density at radius 1 is 0.577 bits per heavy atom. The molecule has 9 heteroatoms. The molecule has 0 amide bonds. The first-order chi connectivity index (χ1) is 12.3. The molecule has 0 aromatic heterocycles. The topological polar surface area (TPSA) is 71.4 Å². The molecule has 0 radical (unpaired) electrons. The molecule has 0 atom stereocenters. The number of rotatable bonds is 0. The van der Waals surface area contributed by atoms with Crippen LogP contribution in [0.4, 0.5) is 26.3 Å². The highest BCUT2D eigenvalue weighted by Crippen LogP contribution is 2.26. The summed E-state index contributed by atoms with van der Waals surface area (Å²) in [6, 6.07) is 3.30. The van der Waals surface area contributed by atoms with Gasteiger partial charge >= 0.3 is 0 Å². The van der Waals surface area contributed by atoms with E-state index in [0.29, 0.717) is 0 Å². The Morgan fingerprint density at radius 2 is 0.923 bits per heavy atom. The number of fused-ring (bicyclic) bond motifs is 1. The SMILES string of the molecule is C#C/C(C#N)=c1/c(F)c(F)c2c(F)c(=C(C#N)C#N)c(F)c(F)c2c1F. The number of nitrogens with zero attached hydrogens (tertiary/aromatic N) is 3. The number of terminal acetylenes is 1. The predicted octanol–water partition coefficient (Wildman–Crippen LogP) is 2.18. The minimum atomic E-state index is -2.19. The highest BCUT2D eigenvalue weighted by Gasteiger charge is 2.28. The molecular weight excluding hydrogens is 360 g/mol. The van der Waals surface area contributed by atoms with Gasteiger partial charge in [-0.2, -0.15) is 15.8 Å². The van der Waals surface area contributed by atoms with Crippen molar-refractivity contribution < 1.29 is 26.3 Å². The largest absolute Gasteiger partial charge is 0.205 e. The lowest BCUT2D eigenvalue weighted by atomic mass is 10.0. The Morgan fingerprint density at radius 3 is 1.23 bits per heavy atom. The van der Waals surface area contributed by atoms with Gasteiger partial charge in [-0.05, 0) is 0 Å². The fourth-order valence-electron chi connectivity index (χ4n) is 2.25. The molecule has 2 aromatic carbocycles. The fraction of sp³-hybridized carbons (Fsp3) is 0. The molecule has 0 aliphatic rings. The summed E-state index contributed by atoms with van der Waals surface area (Å²) in [6.45, 7) is 0. The van der Waals surface area contributed by atoms with E-state index in [4.69, 9.17) is 22.2 Å². The van der Waals surface area contributed by atoms with E-state index in [1.54, 1.807) is 5.92 Å². The summed E-state index contributed by atoms with van der Waals surface area (Å²) in [5, 5.41) is 19.7. The normalized spacial score (nSPS) is 11.2. The van der Waals surface area contributed by atoms with Crippen molar-refractivity contribution in [1.29, 1.82) is 15.8 Å². The van der Waals surface area contributed by atoms with Gasteiger partial charge in [0.15, 0.2) is 23.3 Å². The summed E-state index contributed by atoms with van der Waals surface area (Å²) >= 11 is 0. The standard InChI is InChI=1S/C17HF6N3/c1-2-6(3-24)8-12(18)10-11(16(22)14(8)20)13(19)9(7(4-25)5-26)15(21)17(10)23/h1H/b8-6-. The summed E-state index contributed by atoms with van der Waals surface area (Å²) in [4.78, 5) is 0. The first-order valence-electron chi connectivity index (χ1n) is 6.34. The van der Waals surface area contributed by atoms with Gasteiger partial charge < -0.3 is 0 Å². The molecule has 0 unspecified atom stereocenters. The van der Waals surface area contributed by atoms with E-state index in [-0.39, 0.29) is 0 Å². The Balaban J connectivity index is 3.48. The third-order valence-corrected chi connectivity index (χ3v) is 3.37. The van der Waals surface area contributed by atoms with Crippen molar-refractivity contribution in [2.45, 2.75) is 0 Å². The quantitative estimate of drug-likeness (QED) is 0.410. The van der Waals surface area contributed by atoms with E-state index in [9.17, 15) is 26.3 Å². The molecule has 2 rings (SSSR count). The Bertz CT molecular complexity index is 1150. The van der Waals surface area contributed by atoms with Crippen LogP contribution >= 0.6 is 0 Å². The van der Waals surface area contributed by atoms with Crippen LogP contribution in [0.5, 0.6) is 0 Å². The van der Waals surface area contributed by atoms with Gasteiger partial charge in [0.2, 0.25) is 0 Å². The lowest BCUT2D eigenvalue weighted by molar-refractivity contribution is 0.471. The fourth-order valence-corrected chi connectivity index (χ4v) is 2.25. The smallest absolute Gasteiger partial charge is 0.171 e. The molecule has 0 aliphatic carbocycles. The molecule has 0 fully saturated rings. The average Bonchev–Trinajstić information content (AvgIpc) is 2.63. The van der Waals surface area contributed by atoms with Crippen molar-refractivity contribution >= 4 is 21.9 Å². The molecule has 126 valence electrons. The average molecular weight is 361 g/mol. The summed E-state index contributed by atoms with van der Waals surface area (Å²) in [7, 11) is 0. The lowest BCUT2D eigenvalue weighted by Gasteiger charge is -2.09. The summed E-state index contributed by atoms with van der Waals surface area (Å²) in [5.74, 6) is -11.2. The van der Waals surface area contributed by atoms with Crippen LogP contribution in [0.15, 0.2) is 0 Å². The van der Waals surface area contributed by atoms with E-state index >= 15 is 0 Å². The van der Waals surface area contributed by atoms with E-state index in [0.717, 1.165) is 12.1 Å². The monoisotopic (exact) mass is 361 g/mol. The van der Waals surface area contributed by atoms with Crippen LogP contribution in [-0.2, 0) is 0 Å². The van der Waals surface area contributed by atoms with Crippen LogP contribution in [0.1, 0.15) is 0 Å². The molecule has 0 saturated heterocycles. The van der Waals surface area contributed by atoms with E-state index < -0.39 is 67.3 Å². The first kappa shape index (κ1) is 18.4. The molecule has 26 heavy (non-hydrogen) atoms. The van der Waals surface area contributed by atoms with Crippen molar-refractivity contribution in [2.24, 2.45) is 0 Å². The second kappa shape index (κ2) is 6.51. The van der Waals surface area contributed by atoms with E-state index in [1.807, 2.05) is 0 Å². The van der Waals surface area contributed by atoms with Gasteiger partial charge in [-0.25, -0.2) is 26.3 Å². The highest BCUT2D eigenvalue weighted by molar-refractivity contribution is 5.89. The molecule has 0 heterocycles. The van der Waals surface area contributed by atoms with Gasteiger partial charge in [0.05, 0.1) is 21.2 Å². The third kappa shape index (κ3) is 2.32. The van der Waals surface area contributed by atoms with Crippen molar-refractivity contribution in [3.05, 3.63) is 45.3 Å². The van der Waals surface area contributed by atoms with Gasteiger partial charge in [0.25, 0.3) is 0 Å². The van der Waals surface area contributed by atoms with Crippen molar-refractivity contribution in [2.75, 3.05) is 0 Å². The summed E-state index contributed by atoms with van der Waals surface area (Å²) in [5.41, 5.74) is -2.36. The molecule has 2 aromatic rings. The second-order valence-electron chi connectivity index (χ2n) is 4.61. The van der Waals surface area contributed by atoms with Gasteiger partial charge in [-0.15, -0.1) is 6.42 Å². The Kier molecular flexibility index (Phi) is 4.61. The van der Waals surface area contributed by atoms with Gasteiger partial charge in [-0.3, -0.25) is 0 Å². The van der Waals surface area contributed by atoms with Crippen LogP contribution in [0.3, 0.4) is 0 Å². The maximum Gasteiger partial charge on any atom is 0.171 e. The molecule has 0 spiro atoms. The van der Waals surface area contributed by atoms with Crippen molar-refractivity contribution in [3.63, 3.8) is 0 Å². The second-order valence-corrected chi connectivity index (χ2v) is 4.61. The Hall–Kier alpha value is -3.95.